The molecule has 0 unspecified atom stereocenters. The Morgan fingerprint density at radius 3 is 2.67 bits per heavy atom. The molecule has 0 amide bonds. The van der Waals surface area contributed by atoms with Gasteiger partial charge in [0.05, 0.1) is 0 Å². The molecule has 2 aromatic rings. The standard InChI is InChI=1S/C14H18N4/c1-4-10-18-11-9-15-14(18)16-12-5-7-13(8-6-12)17(2)3/h4-9,11H,1,10H2,2-3H3,(H,15,16). The second kappa shape index (κ2) is 5.40. The van der Waals surface area contributed by atoms with Gasteiger partial charge in [-0.2, -0.15) is 0 Å². The molecule has 1 aromatic heterocycles. The van der Waals surface area contributed by atoms with Crippen molar-refractivity contribution in [2.24, 2.45) is 0 Å². The van der Waals surface area contributed by atoms with Gasteiger partial charge in [-0.3, -0.25) is 0 Å². The van der Waals surface area contributed by atoms with Crippen molar-refractivity contribution < 1.29 is 0 Å². The van der Waals surface area contributed by atoms with Crippen LogP contribution in [0.25, 0.3) is 0 Å². The number of benzene rings is 1. The van der Waals surface area contributed by atoms with E-state index in [0.29, 0.717) is 0 Å². The second-order valence-electron chi connectivity index (χ2n) is 4.26. The molecule has 0 radical (unpaired) electrons. The molecule has 0 fully saturated rings. The van der Waals surface area contributed by atoms with Gasteiger partial charge in [-0.05, 0) is 24.3 Å². The molecule has 1 N–H and O–H groups in total. The fourth-order valence-corrected chi connectivity index (χ4v) is 1.69. The fourth-order valence-electron chi connectivity index (χ4n) is 1.69. The first kappa shape index (κ1) is 12.2. The van der Waals surface area contributed by atoms with Gasteiger partial charge < -0.3 is 14.8 Å². The van der Waals surface area contributed by atoms with Crippen LogP contribution in [0.2, 0.25) is 0 Å². The molecule has 0 saturated heterocycles. The van der Waals surface area contributed by atoms with Crippen LogP contribution in [0.1, 0.15) is 0 Å². The zero-order valence-electron chi connectivity index (χ0n) is 10.8. The van der Waals surface area contributed by atoms with Crippen LogP contribution in [0.15, 0.2) is 49.3 Å². The van der Waals surface area contributed by atoms with Crippen LogP contribution in [0, 0.1) is 0 Å². The van der Waals surface area contributed by atoms with E-state index in [0.717, 1.165) is 18.2 Å². The third kappa shape index (κ3) is 2.71. The van der Waals surface area contributed by atoms with Gasteiger partial charge in [0.25, 0.3) is 0 Å². The summed E-state index contributed by atoms with van der Waals surface area (Å²) in [6, 6.07) is 8.23. The Labute approximate surface area is 108 Å². The molecule has 4 heteroatoms. The van der Waals surface area contributed by atoms with E-state index in [2.05, 4.69) is 33.9 Å². The van der Waals surface area contributed by atoms with Gasteiger partial charge in [-0.15, -0.1) is 6.58 Å². The third-order valence-corrected chi connectivity index (χ3v) is 2.68. The number of nitrogens with zero attached hydrogens (tertiary/aromatic N) is 3. The number of rotatable bonds is 5. The van der Waals surface area contributed by atoms with Crippen molar-refractivity contribution in [2.75, 3.05) is 24.3 Å². The van der Waals surface area contributed by atoms with Crippen molar-refractivity contribution in [3.63, 3.8) is 0 Å². The molecule has 0 saturated carbocycles. The Morgan fingerprint density at radius 1 is 1.33 bits per heavy atom. The molecule has 0 atom stereocenters. The minimum absolute atomic E-state index is 0.748. The average Bonchev–Trinajstić information content (AvgIpc) is 2.78. The van der Waals surface area contributed by atoms with E-state index in [4.69, 9.17) is 0 Å². The number of anilines is 3. The molecule has 2 rings (SSSR count). The second-order valence-corrected chi connectivity index (χ2v) is 4.26. The van der Waals surface area contributed by atoms with Crippen molar-refractivity contribution in [3.8, 4) is 0 Å². The first-order chi connectivity index (χ1) is 8.70. The van der Waals surface area contributed by atoms with Crippen LogP contribution in [0.5, 0.6) is 0 Å². The first-order valence-corrected chi connectivity index (χ1v) is 5.87. The molecule has 1 aromatic carbocycles. The van der Waals surface area contributed by atoms with Crippen molar-refractivity contribution in [1.29, 1.82) is 0 Å². The van der Waals surface area contributed by atoms with E-state index in [1.165, 1.54) is 5.69 Å². The number of aromatic nitrogens is 2. The van der Waals surface area contributed by atoms with E-state index in [-0.39, 0.29) is 0 Å². The zero-order chi connectivity index (χ0) is 13.0. The smallest absolute Gasteiger partial charge is 0.207 e. The van der Waals surface area contributed by atoms with Gasteiger partial charge in [-0.1, -0.05) is 6.08 Å². The molecule has 18 heavy (non-hydrogen) atoms. The van der Waals surface area contributed by atoms with Crippen LogP contribution in [-0.2, 0) is 6.54 Å². The molecule has 1 heterocycles. The topological polar surface area (TPSA) is 33.1 Å². The Balaban J connectivity index is 2.13. The Morgan fingerprint density at radius 2 is 2.06 bits per heavy atom. The lowest BCUT2D eigenvalue weighted by molar-refractivity contribution is 0.833. The van der Waals surface area contributed by atoms with E-state index in [9.17, 15) is 0 Å². The van der Waals surface area contributed by atoms with Gasteiger partial charge in [0.1, 0.15) is 0 Å². The maximum atomic E-state index is 4.28. The summed E-state index contributed by atoms with van der Waals surface area (Å²) in [4.78, 5) is 6.35. The third-order valence-electron chi connectivity index (χ3n) is 2.68. The molecule has 0 aliphatic heterocycles. The number of allylic oxidation sites excluding steroid dienone is 1. The molecular formula is C14H18N4. The highest BCUT2D eigenvalue weighted by molar-refractivity contribution is 5.59. The molecule has 0 spiro atoms. The summed E-state index contributed by atoms with van der Waals surface area (Å²) in [5, 5.41) is 3.29. The average molecular weight is 242 g/mol. The molecule has 0 aliphatic carbocycles. The molecular weight excluding hydrogens is 224 g/mol. The summed E-state index contributed by atoms with van der Waals surface area (Å²) in [6.45, 7) is 4.48. The normalized spacial score (nSPS) is 10.1. The lowest BCUT2D eigenvalue weighted by Gasteiger charge is -2.13. The van der Waals surface area contributed by atoms with E-state index < -0.39 is 0 Å². The monoisotopic (exact) mass is 242 g/mol. The van der Waals surface area contributed by atoms with E-state index in [1.807, 2.05) is 43.1 Å². The summed E-state index contributed by atoms with van der Waals surface area (Å²) < 4.78 is 2.01. The van der Waals surface area contributed by atoms with Crippen molar-refractivity contribution in [3.05, 3.63) is 49.3 Å². The van der Waals surface area contributed by atoms with E-state index in [1.54, 1.807) is 6.20 Å². The van der Waals surface area contributed by atoms with Gasteiger partial charge in [0, 0.05) is 44.4 Å². The Hall–Kier alpha value is -2.23. The van der Waals surface area contributed by atoms with Crippen LogP contribution in [0.3, 0.4) is 0 Å². The first-order valence-electron chi connectivity index (χ1n) is 5.87. The maximum absolute atomic E-state index is 4.28. The minimum atomic E-state index is 0.748. The molecule has 0 bridgehead atoms. The van der Waals surface area contributed by atoms with Crippen LogP contribution in [0.4, 0.5) is 17.3 Å². The molecule has 0 aliphatic rings. The van der Waals surface area contributed by atoms with Crippen molar-refractivity contribution in [2.45, 2.75) is 6.54 Å². The quantitative estimate of drug-likeness (QED) is 0.818. The number of hydrogen-bond acceptors (Lipinski definition) is 3. The predicted molar refractivity (Wildman–Crippen MR) is 76.5 cm³/mol. The summed E-state index contributed by atoms with van der Waals surface area (Å²) in [5.41, 5.74) is 2.20. The van der Waals surface area contributed by atoms with Gasteiger partial charge in [0.15, 0.2) is 0 Å². The summed E-state index contributed by atoms with van der Waals surface area (Å²) in [6.07, 6.45) is 5.56. The highest BCUT2D eigenvalue weighted by atomic mass is 15.2. The lowest BCUT2D eigenvalue weighted by Crippen LogP contribution is -2.08. The maximum Gasteiger partial charge on any atom is 0.207 e. The zero-order valence-corrected chi connectivity index (χ0v) is 10.8. The Kier molecular flexibility index (Phi) is 3.67. The minimum Gasteiger partial charge on any atom is -0.378 e. The summed E-state index contributed by atoms with van der Waals surface area (Å²) >= 11 is 0. The van der Waals surface area contributed by atoms with Crippen LogP contribution in [-0.4, -0.2) is 23.6 Å². The summed E-state index contributed by atoms with van der Waals surface area (Å²) in [7, 11) is 4.05. The lowest BCUT2D eigenvalue weighted by atomic mass is 10.2. The largest absolute Gasteiger partial charge is 0.378 e. The van der Waals surface area contributed by atoms with Crippen molar-refractivity contribution >= 4 is 17.3 Å². The SMILES string of the molecule is C=CCn1ccnc1Nc1ccc(N(C)C)cc1. The summed E-state index contributed by atoms with van der Waals surface area (Å²) in [5.74, 6) is 0.826. The Bertz CT molecular complexity index is 511. The molecule has 94 valence electrons. The predicted octanol–water partition coefficient (Wildman–Crippen LogP) is 2.88. The van der Waals surface area contributed by atoms with Crippen LogP contribution < -0.4 is 10.2 Å². The highest BCUT2D eigenvalue weighted by Crippen LogP contribution is 2.19. The van der Waals surface area contributed by atoms with Crippen LogP contribution >= 0.6 is 0 Å². The molecule has 4 nitrogen and oxygen atoms in total. The van der Waals surface area contributed by atoms with Crippen molar-refractivity contribution in [1.82, 2.24) is 9.55 Å². The van der Waals surface area contributed by atoms with Gasteiger partial charge in [0.2, 0.25) is 5.95 Å². The van der Waals surface area contributed by atoms with E-state index >= 15 is 0 Å². The van der Waals surface area contributed by atoms with Gasteiger partial charge >= 0.3 is 0 Å². The fraction of sp³-hybridized carbons (Fsp3) is 0.214. The number of hydrogen-bond donors (Lipinski definition) is 1. The number of imidazole rings is 1. The number of nitrogens with one attached hydrogen (secondary N) is 1. The highest BCUT2D eigenvalue weighted by Gasteiger charge is 2.02. The van der Waals surface area contributed by atoms with Gasteiger partial charge in [-0.25, -0.2) is 4.98 Å².